The van der Waals surface area contributed by atoms with Crippen LogP contribution in [-0.4, -0.2) is 24.2 Å². The van der Waals surface area contributed by atoms with Crippen LogP contribution in [0.1, 0.15) is 25.0 Å². The lowest BCUT2D eigenvalue weighted by Crippen LogP contribution is -2.18. The fourth-order valence-electron chi connectivity index (χ4n) is 1.76. The van der Waals surface area contributed by atoms with E-state index in [0.717, 1.165) is 25.1 Å². The third-order valence-corrected chi connectivity index (χ3v) is 2.81. The zero-order valence-corrected chi connectivity index (χ0v) is 9.50. The topological polar surface area (TPSA) is 34.1 Å². The Labute approximate surface area is 94.8 Å². The van der Waals surface area contributed by atoms with Crippen molar-refractivity contribution >= 4 is 11.6 Å². The molecule has 1 saturated heterocycles. The highest BCUT2D eigenvalue weighted by Crippen LogP contribution is 2.22. The molecule has 0 radical (unpaired) electrons. The second kappa shape index (κ2) is 4.92. The van der Waals surface area contributed by atoms with Crippen molar-refractivity contribution in [2.24, 2.45) is 0 Å². The minimum Gasteiger partial charge on any atom is -0.369 e. The number of nitrogens with one attached hydrogen (secondary N) is 1. The van der Waals surface area contributed by atoms with Gasteiger partial charge < -0.3 is 10.1 Å². The third kappa shape index (κ3) is 2.91. The SMILES string of the molecule is CC(OC1CCNC1)c1cncc(Cl)c1. The van der Waals surface area contributed by atoms with Crippen LogP contribution >= 0.6 is 11.6 Å². The lowest BCUT2D eigenvalue weighted by atomic mass is 10.2. The zero-order valence-electron chi connectivity index (χ0n) is 8.74. The van der Waals surface area contributed by atoms with Gasteiger partial charge in [0, 0.05) is 24.5 Å². The summed E-state index contributed by atoms with van der Waals surface area (Å²) in [7, 11) is 0. The first-order valence-electron chi connectivity index (χ1n) is 5.22. The quantitative estimate of drug-likeness (QED) is 0.858. The van der Waals surface area contributed by atoms with Gasteiger partial charge in [-0.3, -0.25) is 4.98 Å². The van der Waals surface area contributed by atoms with Crippen molar-refractivity contribution < 1.29 is 4.74 Å². The van der Waals surface area contributed by atoms with E-state index in [2.05, 4.69) is 10.3 Å². The fraction of sp³-hybridized carbons (Fsp3) is 0.545. The van der Waals surface area contributed by atoms with Crippen LogP contribution < -0.4 is 5.32 Å². The molecule has 0 bridgehead atoms. The number of ether oxygens (including phenoxy) is 1. The van der Waals surface area contributed by atoms with Crippen molar-refractivity contribution in [3.05, 3.63) is 29.0 Å². The van der Waals surface area contributed by atoms with Crippen molar-refractivity contribution in [1.29, 1.82) is 0 Å². The molecule has 1 fully saturated rings. The van der Waals surface area contributed by atoms with E-state index in [0.29, 0.717) is 11.1 Å². The number of hydrogen-bond acceptors (Lipinski definition) is 3. The minimum atomic E-state index is 0.0566. The zero-order chi connectivity index (χ0) is 10.7. The molecule has 0 aliphatic carbocycles. The van der Waals surface area contributed by atoms with Gasteiger partial charge in [0.25, 0.3) is 0 Å². The fourth-order valence-corrected chi connectivity index (χ4v) is 1.94. The summed E-state index contributed by atoms with van der Waals surface area (Å²) >= 11 is 5.88. The van der Waals surface area contributed by atoms with Crippen molar-refractivity contribution in [3.63, 3.8) is 0 Å². The number of hydrogen-bond donors (Lipinski definition) is 1. The van der Waals surface area contributed by atoms with E-state index in [9.17, 15) is 0 Å². The standard InChI is InChI=1S/C11H15ClN2O/c1-8(15-11-2-3-13-7-11)9-4-10(12)6-14-5-9/h4-6,8,11,13H,2-3,7H2,1H3. The van der Waals surface area contributed by atoms with Gasteiger partial charge in [0.2, 0.25) is 0 Å². The van der Waals surface area contributed by atoms with Crippen LogP contribution in [0.2, 0.25) is 5.02 Å². The molecule has 1 aliphatic heterocycles. The van der Waals surface area contributed by atoms with Crippen molar-refractivity contribution in [3.8, 4) is 0 Å². The smallest absolute Gasteiger partial charge is 0.0816 e. The molecule has 2 heterocycles. The predicted molar refractivity (Wildman–Crippen MR) is 60.0 cm³/mol. The molecule has 2 unspecified atom stereocenters. The van der Waals surface area contributed by atoms with Crippen molar-refractivity contribution in [2.45, 2.75) is 25.6 Å². The van der Waals surface area contributed by atoms with Gasteiger partial charge in [-0.25, -0.2) is 0 Å². The van der Waals surface area contributed by atoms with Crippen LogP contribution in [0.3, 0.4) is 0 Å². The van der Waals surface area contributed by atoms with E-state index in [1.807, 2.05) is 13.0 Å². The minimum absolute atomic E-state index is 0.0566. The monoisotopic (exact) mass is 226 g/mol. The maximum atomic E-state index is 5.89. The van der Waals surface area contributed by atoms with Crippen molar-refractivity contribution in [1.82, 2.24) is 10.3 Å². The summed E-state index contributed by atoms with van der Waals surface area (Å²) in [5.74, 6) is 0. The van der Waals surface area contributed by atoms with Gasteiger partial charge in [-0.2, -0.15) is 0 Å². The van der Waals surface area contributed by atoms with Gasteiger partial charge in [0.1, 0.15) is 0 Å². The summed E-state index contributed by atoms with van der Waals surface area (Å²) in [5, 5.41) is 3.93. The van der Waals surface area contributed by atoms with Gasteiger partial charge in [0.15, 0.2) is 0 Å². The third-order valence-electron chi connectivity index (χ3n) is 2.61. The van der Waals surface area contributed by atoms with E-state index >= 15 is 0 Å². The number of nitrogens with zero attached hydrogens (tertiary/aromatic N) is 1. The molecular weight excluding hydrogens is 212 g/mol. The normalized spacial score (nSPS) is 22.9. The second-order valence-corrected chi connectivity index (χ2v) is 4.27. The maximum Gasteiger partial charge on any atom is 0.0816 e. The van der Waals surface area contributed by atoms with Gasteiger partial charge in [-0.05, 0) is 26.0 Å². The molecule has 0 aromatic carbocycles. The Bertz CT molecular complexity index is 326. The van der Waals surface area contributed by atoms with E-state index in [-0.39, 0.29) is 6.10 Å². The van der Waals surface area contributed by atoms with Gasteiger partial charge >= 0.3 is 0 Å². The maximum absolute atomic E-state index is 5.89. The number of rotatable bonds is 3. The van der Waals surface area contributed by atoms with E-state index in [1.54, 1.807) is 12.4 Å². The molecule has 0 amide bonds. The highest BCUT2D eigenvalue weighted by molar-refractivity contribution is 6.30. The summed E-state index contributed by atoms with van der Waals surface area (Å²) < 4.78 is 5.89. The molecule has 4 heteroatoms. The van der Waals surface area contributed by atoms with Crippen LogP contribution in [0.5, 0.6) is 0 Å². The highest BCUT2D eigenvalue weighted by atomic mass is 35.5. The Morgan fingerprint density at radius 3 is 3.13 bits per heavy atom. The first-order chi connectivity index (χ1) is 7.25. The summed E-state index contributed by atoms with van der Waals surface area (Å²) in [5.41, 5.74) is 1.04. The summed E-state index contributed by atoms with van der Waals surface area (Å²) in [4.78, 5) is 4.05. The lowest BCUT2D eigenvalue weighted by molar-refractivity contribution is 0.00812. The first-order valence-corrected chi connectivity index (χ1v) is 5.60. The predicted octanol–water partition coefficient (Wildman–Crippen LogP) is 2.17. The largest absolute Gasteiger partial charge is 0.369 e. The van der Waals surface area contributed by atoms with Crippen molar-refractivity contribution in [2.75, 3.05) is 13.1 Å². The highest BCUT2D eigenvalue weighted by Gasteiger charge is 2.18. The Morgan fingerprint density at radius 2 is 2.47 bits per heavy atom. The molecule has 2 rings (SSSR count). The molecule has 15 heavy (non-hydrogen) atoms. The summed E-state index contributed by atoms with van der Waals surface area (Å²) in [6, 6.07) is 1.90. The van der Waals surface area contributed by atoms with Gasteiger partial charge in [-0.15, -0.1) is 0 Å². The molecule has 2 atom stereocenters. The lowest BCUT2D eigenvalue weighted by Gasteiger charge is -2.17. The Balaban J connectivity index is 1.97. The number of pyridine rings is 1. The molecule has 3 nitrogen and oxygen atoms in total. The number of halogens is 1. The van der Waals surface area contributed by atoms with Crippen LogP contribution in [0.25, 0.3) is 0 Å². The summed E-state index contributed by atoms with van der Waals surface area (Å²) in [6.45, 7) is 4.02. The molecule has 1 aliphatic rings. The van der Waals surface area contributed by atoms with Crippen LogP contribution in [0.15, 0.2) is 18.5 Å². The van der Waals surface area contributed by atoms with E-state index < -0.39 is 0 Å². The Hall–Kier alpha value is -0.640. The molecule has 82 valence electrons. The Kier molecular flexibility index (Phi) is 3.57. The average molecular weight is 227 g/mol. The number of aromatic nitrogens is 1. The van der Waals surface area contributed by atoms with Gasteiger partial charge in [-0.1, -0.05) is 11.6 Å². The molecule has 1 aromatic rings. The van der Waals surface area contributed by atoms with E-state index in [1.165, 1.54) is 0 Å². The molecule has 1 aromatic heterocycles. The van der Waals surface area contributed by atoms with Crippen LogP contribution in [0, 0.1) is 0 Å². The Morgan fingerprint density at radius 1 is 1.60 bits per heavy atom. The average Bonchev–Trinajstić information content (AvgIpc) is 2.70. The summed E-state index contributed by atoms with van der Waals surface area (Å²) in [6.07, 6.45) is 4.90. The van der Waals surface area contributed by atoms with Crippen LogP contribution in [0.4, 0.5) is 0 Å². The van der Waals surface area contributed by atoms with Gasteiger partial charge in [0.05, 0.1) is 17.2 Å². The van der Waals surface area contributed by atoms with Crippen LogP contribution in [-0.2, 0) is 4.74 Å². The van der Waals surface area contributed by atoms with E-state index in [4.69, 9.17) is 16.3 Å². The molecule has 1 N–H and O–H groups in total. The molecular formula is C11H15ClN2O. The second-order valence-electron chi connectivity index (χ2n) is 3.83. The first kappa shape index (κ1) is 10.9. The molecule has 0 spiro atoms. The molecule has 0 saturated carbocycles.